The summed E-state index contributed by atoms with van der Waals surface area (Å²) in [4.78, 5) is 52.1. The molecule has 2 rings (SSSR count). The molecule has 8 nitrogen and oxygen atoms in total. The van der Waals surface area contributed by atoms with Crippen LogP contribution in [0.3, 0.4) is 0 Å². The van der Waals surface area contributed by atoms with Crippen molar-refractivity contribution < 1.29 is 28.7 Å². The fourth-order valence-corrected chi connectivity index (χ4v) is 3.71. The van der Waals surface area contributed by atoms with E-state index in [1.54, 1.807) is 82.6 Å². The van der Waals surface area contributed by atoms with Crippen LogP contribution >= 0.6 is 0 Å². The van der Waals surface area contributed by atoms with Crippen LogP contribution in [-0.2, 0) is 19.2 Å². The molecule has 0 unspecified atom stereocenters. The van der Waals surface area contributed by atoms with Crippen LogP contribution in [0.2, 0.25) is 0 Å². The maximum Gasteiger partial charge on any atom is 0.311 e. The van der Waals surface area contributed by atoms with Gasteiger partial charge in [0.25, 0.3) is 0 Å². The van der Waals surface area contributed by atoms with Gasteiger partial charge in [0.05, 0.1) is 12.8 Å². The van der Waals surface area contributed by atoms with Gasteiger partial charge in [0.1, 0.15) is 11.5 Å². The Kier molecular flexibility index (Phi) is 13.4. The summed E-state index contributed by atoms with van der Waals surface area (Å²) in [6, 6.07) is 13.9. The molecule has 0 bridgehead atoms. The zero-order valence-electron chi connectivity index (χ0n) is 22.8. The number of carbonyl (C=O) groups is 4. The Morgan fingerprint density at radius 2 is 0.825 bits per heavy atom. The van der Waals surface area contributed by atoms with Gasteiger partial charge in [-0.25, -0.2) is 0 Å². The highest BCUT2D eigenvalue weighted by Gasteiger charge is 2.15. The van der Waals surface area contributed by atoms with Crippen LogP contribution in [0.15, 0.2) is 99.2 Å². The lowest BCUT2D eigenvalue weighted by Gasteiger charge is -2.18. The third-order valence-electron chi connectivity index (χ3n) is 5.69. The van der Waals surface area contributed by atoms with E-state index in [-0.39, 0.29) is 37.5 Å². The molecule has 0 heterocycles. The second kappa shape index (κ2) is 17.0. The summed E-state index contributed by atoms with van der Waals surface area (Å²) in [7, 11) is 0. The Morgan fingerprint density at radius 3 is 1.10 bits per heavy atom. The summed E-state index contributed by atoms with van der Waals surface area (Å²) in [6.45, 7) is 16.1. The highest BCUT2D eigenvalue weighted by molar-refractivity contribution is 5.83. The van der Waals surface area contributed by atoms with E-state index < -0.39 is 11.9 Å². The van der Waals surface area contributed by atoms with Crippen LogP contribution in [0.25, 0.3) is 11.1 Å². The predicted molar refractivity (Wildman–Crippen MR) is 156 cm³/mol. The molecule has 2 aromatic carbocycles. The maximum atomic E-state index is 12.3. The lowest BCUT2D eigenvalue weighted by Crippen LogP contribution is -2.31. The van der Waals surface area contributed by atoms with Crippen molar-refractivity contribution in [3.8, 4) is 22.6 Å². The first kappa shape index (κ1) is 31.5. The van der Waals surface area contributed by atoms with Gasteiger partial charge in [0.15, 0.2) is 0 Å². The molecule has 0 saturated carbocycles. The van der Waals surface area contributed by atoms with Gasteiger partial charge in [-0.2, -0.15) is 0 Å². The van der Waals surface area contributed by atoms with E-state index in [1.165, 1.54) is 0 Å². The lowest BCUT2D eigenvalue weighted by molar-refractivity contribution is -0.138. The van der Waals surface area contributed by atoms with Crippen LogP contribution < -0.4 is 9.47 Å². The fraction of sp³-hybridized carbons (Fsp3) is 0.250. The average Bonchev–Trinajstić information content (AvgIpc) is 2.95. The van der Waals surface area contributed by atoms with Gasteiger partial charge in [-0.05, 0) is 35.4 Å². The number of ether oxygens (including phenoxy) is 2. The van der Waals surface area contributed by atoms with Gasteiger partial charge in [0.2, 0.25) is 11.8 Å². The first-order valence-corrected chi connectivity index (χ1v) is 12.9. The van der Waals surface area contributed by atoms with Gasteiger partial charge in [-0.3, -0.25) is 19.2 Å². The largest absolute Gasteiger partial charge is 0.427 e. The third kappa shape index (κ3) is 10.6. The summed E-state index contributed by atoms with van der Waals surface area (Å²) in [5, 5.41) is 0. The highest BCUT2D eigenvalue weighted by atomic mass is 16.5. The number of carbonyl (C=O) groups excluding carboxylic acids is 4. The third-order valence-corrected chi connectivity index (χ3v) is 5.69. The van der Waals surface area contributed by atoms with Crippen molar-refractivity contribution in [3.05, 3.63) is 99.2 Å². The fourth-order valence-electron chi connectivity index (χ4n) is 3.71. The molecule has 8 heteroatoms. The van der Waals surface area contributed by atoms with E-state index in [0.717, 1.165) is 11.1 Å². The number of rotatable bonds is 17. The van der Waals surface area contributed by atoms with Gasteiger partial charge < -0.3 is 19.3 Å². The second-order valence-electron chi connectivity index (χ2n) is 8.75. The molecule has 0 fully saturated rings. The molecule has 40 heavy (non-hydrogen) atoms. The maximum absolute atomic E-state index is 12.3. The van der Waals surface area contributed by atoms with E-state index in [2.05, 4.69) is 26.3 Å². The molecule has 0 aliphatic carbocycles. The van der Waals surface area contributed by atoms with Crippen molar-refractivity contribution in [3.63, 3.8) is 0 Å². The Bertz CT molecular complexity index is 1090. The quantitative estimate of drug-likeness (QED) is 0.156. The monoisotopic (exact) mass is 544 g/mol. The topological polar surface area (TPSA) is 93.2 Å². The molecule has 210 valence electrons. The summed E-state index contributed by atoms with van der Waals surface area (Å²) in [6.07, 6.45) is 6.48. The summed E-state index contributed by atoms with van der Waals surface area (Å²) in [5.74, 6) is -0.604. The van der Waals surface area contributed by atoms with E-state index >= 15 is 0 Å². The summed E-state index contributed by atoms with van der Waals surface area (Å²) < 4.78 is 10.7. The SMILES string of the molecule is C=CCN(CC=C)C(=O)CCC(=O)Oc1ccc(-c2ccc(OC(=O)CCC(=O)N(CC=C)CC=C)cc2)cc1. The minimum absolute atomic E-state index is 0.0366. The number of nitrogens with zero attached hydrogens (tertiary/aromatic N) is 2. The molecule has 0 aliphatic rings. The zero-order valence-corrected chi connectivity index (χ0v) is 22.8. The van der Waals surface area contributed by atoms with Gasteiger partial charge >= 0.3 is 11.9 Å². The molecule has 0 saturated heterocycles. The Morgan fingerprint density at radius 1 is 0.525 bits per heavy atom. The molecule has 0 atom stereocenters. The van der Waals surface area contributed by atoms with Gasteiger partial charge in [-0.15, -0.1) is 26.3 Å². The van der Waals surface area contributed by atoms with E-state index in [1.807, 2.05) is 0 Å². The first-order valence-electron chi connectivity index (χ1n) is 12.9. The minimum Gasteiger partial charge on any atom is -0.427 e. The van der Waals surface area contributed by atoms with Crippen molar-refractivity contribution in [1.82, 2.24) is 9.80 Å². The summed E-state index contributed by atoms with van der Waals surface area (Å²) >= 11 is 0. The minimum atomic E-state index is -0.500. The van der Waals surface area contributed by atoms with Crippen LogP contribution in [0, 0.1) is 0 Å². The van der Waals surface area contributed by atoms with Crippen LogP contribution in [-0.4, -0.2) is 59.7 Å². The smallest absolute Gasteiger partial charge is 0.311 e. The lowest BCUT2D eigenvalue weighted by atomic mass is 10.1. The molecule has 0 aliphatic heterocycles. The average molecular weight is 545 g/mol. The predicted octanol–water partition coefficient (Wildman–Crippen LogP) is 5.13. The highest BCUT2D eigenvalue weighted by Crippen LogP contribution is 2.25. The van der Waals surface area contributed by atoms with Crippen molar-refractivity contribution in [2.24, 2.45) is 0 Å². The molecule has 2 amide bonds. The molecular weight excluding hydrogens is 508 g/mol. The van der Waals surface area contributed by atoms with Gasteiger partial charge in [0, 0.05) is 39.0 Å². The van der Waals surface area contributed by atoms with Crippen LogP contribution in [0.5, 0.6) is 11.5 Å². The first-order chi connectivity index (χ1) is 19.3. The van der Waals surface area contributed by atoms with E-state index in [9.17, 15) is 19.2 Å². The zero-order chi connectivity index (χ0) is 29.3. The Hall–Kier alpha value is -4.72. The summed E-state index contributed by atoms with van der Waals surface area (Å²) in [5.41, 5.74) is 1.74. The van der Waals surface area contributed by atoms with Crippen molar-refractivity contribution in [2.75, 3.05) is 26.2 Å². The van der Waals surface area contributed by atoms with E-state index in [4.69, 9.17) is 9.47 Å². The molecule has 2 aromatic rings. The Balaban J connectivity index is 1.85. The molecular formula is C32H36N2O6. The van der Waals surface area contributed by atoms with Crippen molar-refractivity contribution in [1.29, 1.82) is 0 Å². The number of hydrogen-bond donors (Lipinski definition) is 0. The van der Waals surface area contributed by atoms with Gasteiger partial charge in [-0.1, -0.05) is 48.6 Å². The molecule has 0 radical (unpaired) electrons. The number of esters is 2. The van der Waals surface area contributed by atoms with E-state index in [0.29, 0.717) is 37.7 Å². The normalized spacial score (nSPS) is 10.1. The van der Waals surface area contributed by atoms with Crippen molar-refractivity contribution in [2.45, 2.75) is 25.7 Å². The standard InChI is InChI=1S/C32H36N2O6/c1-5-21-33(22-6-2)29(35)17-19-31(37)39-27-13-9-25(10-14-27)26-11-15-28(16-12-26)40-32(38)20-18-30(36)34(23-7-3)24-8-4/h5-16H,1-4,17-24H2. The second-order valence-corrected chi connectivity index (χ2v) is 8.75. The number of hydrogen-bond acceptors (Lipinski definition) is 6. The molecule has 0 N–H and O–H groups in total. The molecule has 0 spiro atoms. The Labute approximate surface area is 235 Å². The number of amides is 2. The van der Waals surface area contributed by atoms with Crippen molar-refractivity contribution >= 4 is 23.8 Å². The number of benzene rings is 2. The molecule has 0 aromatic heterocycles. The van der Waals surface area contributed by atoms with Crippen LogP contribution in [0.4, 0.5) is 0 Å². The van der Waals surface area contributed by atoms with Crippen LogP contribution in [0.1, 0.15) is 25.7 Å².